The molecule has 1 N–H and O–H groups in total. The van der Waals surface area contributed by atoms with Gasteiger partial charge in [0, 0.05) is 34.0 Å². The van der Waals surface area contributed by atoms with Crippen LogP contribution in [0.1, 0.15) is 28.8 Å². The number of pyridine rings is 1. The van der Waals surface area contributed by atoms with Crippen LogP contribution in [0.25, 0.3) is 11.1 Å². The van der Waals surface area contributed by atoms with E-state index in [9.17, 15) is 13.2 Å². The maximum absolute atomic E-state index is 12.0. The molecule has 1 fully saturated rings. The van der Waals surface area contributed by atoms with Crippen molar-refractivity contribution in [3.8, 4) is 22.8 Å². The molecule has 1 aliphatic carbocycles. The van der Waals surface area contributed by atoms with Gasteiger partial charge in [0.25, 0.3) is 5.91 Å². The number of nitrogens with one attached hydrogen (secondary N) is 1. The molecule has 1 aromatic heterocycles. The summed E-state index contributed by atoms with van der Waals surface area (Å²) in [6, 6.07) is 16.0. The summed E-state index contributed by atoms with van der Waals surface area (Å²) in [5.74, 6) is 1.21. The molecule has 0 atom stereocenters. The number of rotatable bonds is 9. The Morgan fingerprint density at radius 2 is 1.91 bits per heavy atom. The molecule has 0 unspecified atom stereocenters. The van der Waals surface area contributed by atoms with Crippen LogP contribution in [0, 0.1) is 5.92 Å². The van der Waals surface area contributed by atoms with Crippen LogP contribution in [0.4, 0.5) is 0 Å². The molecular formula is C24H23ClN2O5S. The average molecular weight is 487 g/mol. The van der Waals surface area contributed by atoms with Gasteiger partial charge in [0.15, 0.2) is 0 Å². The zero-order chi connectivity index (χ0) is 23.4. The van der Waals surface area contributed by atoms with Crippen molar-refractivity contribution in [3.05, 3.63) is 76.9 Å². The third kappa shape index (κ3) is 6.69. The Bertz CT molecular complexity index is 1260. The quantitative estimate of drug-likeness (QED) is 0.480. The number of hydrogen-bond acceptors (Lipinski definition) is 6. The molecule has 0 aliphatic heterocycles. The molecule has 3 aromatic rings. The van der Waals surface area contributed by atoms with Crippen molar-refractivity contribution >= 4 is 27.5 Å². The maximum Gasteiger partial charge on any atom is 0.264 e. The minimum Gasteiger partial charge on any atom is -0.489 e. The van der Waals surface area contributed by atoms with Crippen molar-refractivity contribution in [2.45, 2.75) is 19.4 Å². The predicted molar refractivity (Wildman–Crippen MR) is 126 cm³/mol. The maximum atomic E-state index is 12.0. The van der Waals surface area contributed by atoms with Gasteiger partial charge in [-0.05, 0) is 54.7 Å². The minimum absolute atomic E-state index is 0.147. The molecule has 33 heavy (non-hydrogen) atoms. The first kappa shape index (κ1) is 23.1. The van der Waals surface area contributed by atoms with Gasteiger partial charge in [0.05, 0.1) is 12.9 Å². The van der Waals surface area contributed by atoms with E-state index in [0.29, 0.717) is 28.1 Å². The van der Waals surface area contributed by atoms with E-state index < -0.39 is 15.9 Å². The van der Waals surface area contributed by atoms with Crippen LogP contribution >= 0.6 is 11.6 Å². The van der Waals surface area contributed by atoms with E-state index in [1.807, 2.05) is 41.1 Å². The number of amides is 1. The number of sulfonamides is 1. The molecular weight excluding hydrogens is 464 g/mol. The van der Waals surface area contributed by atoms with Gasteiger partial charge in [0.2, 0.25) is 15.9 Å². The van der Waals surface area contributed by atoms with Gasteiger partial charge in [-0.25, -0.2) is 18.1 Å². The molecule has 1 saturated carbocycles. The van der Waals surface area contributed by atoms with Crippen molar-refractivity contribution in [1.82, 2.24) is 9.71 Å². The second-order valence-corrected chi connectivity index (χ2v) is 10.1. The van der Waals surface area contributed by atoms with Crippen LogP contribution in [0.15, 0.2) is 60.8 Å². The first-order valence-electron chi connectivity index (χ1n) is 10.4. The highest BCUT2D eigenvalue weighted by molar-refractivity contribution is 7.89. The number of nitrogens with zero attached hydrogens (tertiary/aromatic N) is 1. The molecule has 1 heterocycles. The average Bonchev–Trinajstić information content (AvgIpc) is 3.61. The molecule has 7 nitrogen and oxygen atoms in total. The number of halogens is 1. The van der Waals surface area contributed by atoms with E-state index in [2.05, 4.69) is 4.98 Å². The van der Waals surface area contributed by atoms with Crippen LogP contribution in [0.3, 0.4) is 0 Å². The lowest BCUT2D eigenvalue weighted by Crippen LogP contribution is -2.29. The molecule has 0 saturated heterocycles. The Labute approximate surface area is 197 Å². The summed E-state index contributed by atoms with van der Waals surface area (Å²) in [5.41, 5.74) is 2.70. The Morgan fingerprint density at radius 1 is 1.09 bits per heavy atom. The second-order valence-electron chi connectivity index (χ2n) is 7.97. The Balaban J connectivity index is 1.39. The number of ether oxygens (including phenoxy) is 2. The Kier molecular flexibility index (Phi) is 6.85. The van der Waals surface area contributed by atoms with Crippen LogP contribution in [-0.4, -0.2) is 32.2 Å². The highest BCUT2D eigenvalue weighted by atomic mass is 35.5. The molecule has 0 spiro atoms. The molecule has 1 aliphatic rings. The Hall–Kier alpha value is -3.10. The fourth-order valence-electron chi connectivity index (χ4n) is 3.08. The summed E-state index contributed by atoms with van der Waals surface area (Å²) in [7, 11) is -3.65. The highest BCUT2D eigenvalue weighted by Gasteiger charge is 2.22. The zero-order valence-corrected chi connectivity index (χ0v) is 19.5. The predicted octanol–water partition coefficient (Wildman–Crippen LogP) is 4.46. The van der Waals surface area contributed by atoms with Crippen LogP contribution < -0.4 is 14.2 Å². The SMILES string of the molecule is CS(=O)(=O)NC(=O)c1ccc(COc2cccc(-c3ccc(OCC4CC4)nc3)c2)c(Cl)c1. The van der Waals surface area contributed by atoms with Crippen molar-refractivity contribution in [3.63, 3.8) is 0 Å². The van der Waals surface area contributed by atoms with E-state index in [0.717, 1.165) is 24.0 Å². The summed E-state index contributed by atoms with van der Waals surface area (Å²) < 4.78 is 36.0. The summed E-state index contributed by atoms with van der Waals surface area (Å²) in [5, 5.41) is 0.304. The molecule has 0 bridgehead atoms. The van der Waals surface area contributed by atoms with E-state index in [4.69, 9.17) is 21.1 Å². The summed E-state index contributed by atoms with van der Waals surface area (Å²) in [4.78, 5) is 16.4. The van der Waals surface area contributed by atoms with Gasteiger partial charge in [-0.1, -0.05) is 29.8 Å². The van der Waals surface area contributed by atoms with Crippen LogP contribution in [0.5, 0.6) is 11.6 Å². The summed E-state index contributed by atoms with van der Waals surface area (Å²) in [6.45, 7) is 0.907. The largest absolute Gasteiger partial charge is 0.489 e. The topological polar surface area (TPSA) is 94.6 Å². The van der Waals surface area contributed by atoms with E-state index >= 15 is 0 Å². The van der Waals surface area contributed by atoms with Gasteiger partial charge < -0.3 is 9.47 Å². The first-order valence-corrected chi connectivity index (χ1v) is 12.7. The summed E-state index contributed by atoms with van der Waals surface area (Å²) >= 11 is 6.27. The fraction of sp³-hybridized carbons (Fsp3) is 0.250. The van der Waals surface area contributed by atoms with Gasteiger partial charge >= 0.3 is 0 Å². The number of carbonyl (C=O) groups excluding carboxylic acids is 1. The lowest BCUT2D eigenvalue weighted by molar-refractivity contribution is 0.0981. The van der Waals surface area contributed by atoms with Gasteiger partial charge in [-0.3, -0.25) is 4.79 Å². The first-order chi connectivity index (χ1) is 15.8. The molecule has 172 valence electrons. The van der Waals surface area contributed by atoms with Crippen LogP contribution in [0.2, 0.25) is 5.02 Å². The minimum atomic E-state index is -3.65. The van der Waals surface area contributed by atoms with Gasteiger partial charge in [0.1, 0.15) is 12.4 Å². The van der Waals surface area contributed by atoms with Crippen molar-refractivity contribution in [2.24, 2.45) is 5.92 Å². The Morgan fingerprint density at radius 3 is 2.58 bits per heavy atom. The van der Waals surface area contributed by atoms with E-state index in [1.54, 1.807) is 12.3 Å². The molecule has 0 radical (unpaired) electrons. The molecule has 9 heteroatoms. The van der Waals surface area contributed by atoms with E-state index in [1.165, 1.54) is 25.0 Å². The van der Waals surface area contributed by atoms with Gasteiger partial charge in [-0.15, -0.1) is 0 Å². The zero-order valence-electron chi connectivity index (χ0n) is 18.0. The van der Waals surface area contributed by atoms with Gasteiger partial charge in [-0.2, -0.15) is 0 Å². The molecule has 1 amide bonds. The number of carbonyl (C=O) groups is 1. The fourth-order valence-corrected chi connectivity index (χ4v) is 3.77. The van der Waals surface area contributed by atoms with Crippen molar-refractivity contribution < 1.29 is 22.7 Å². The van der Waals surface area contributed by atoms with Crippen molar-refractivity contribution in [2.75, 3.05) is 12.9 Å². The third-order valence-corrected chi connectivity index (χ3v) is 5.96. The molecule has 4 rings (SSSR count). The van der Waals surface area contributed by atoms with E-state index in [-0.39, 0.29) is 12.2 Å². The third-order valence-electron chi connectivity index (χ3n) is 5.06. The lowest BCUT2D eigenvalue weighted by Gasteiger charge is -2.11. The lowest BCUT2D eigenvalue weighted by atomic mass is 10.1. The number of benzene rings is 2. The summed E-state index contributed by atoms with van der Waals surface area (Å²) in [6.07, 6.45) is 5.16. The number of aromatic nitrogens is 1. The smallest absolute Gasteiger partial charge is 0.264 e. The second kappa shape index (κ2) is 9.80. The normalized spacial score (nSPS) is 13.4. The molecule has 2 aromatic carbocycles. The van der Waals surface area contributed by atoms with Crippen LogP contribution in [-0.2, 0) is 16.6 Å². The number of hydrogen-bond donors (Lipinski definition) is 1. The highest BCUT2D eigenvalue weighted by Crippen LogP contribution is 2.30. The van der Waals surface area contributed by atoms with Crippen molar-refractivity contribution in [1.29, 1.82) is 0 Å². The standard InChI is InChI=1S/C24H23ClN2O5S/c1-33(29,30)27-24(28)18-7-8-20(22(25)12-18)15-31-21-4-2-3-17(11-21)19-9-10-23(26-13-19)32-14-16-5-6-16/h2-4,7-13,16H,5-6,14-15H2,1H3,(H,27,28). The monoisotopic (exact) mass is 486 g/mol.